The summed E-state index contributed by atoms with van der Waals surface area (Å²) in [6, 6.07) is 0.344. The Morgan fingerprint density at radius 3 is 2.75 bits per heavy atom. The van der Waals surface area contributed by atoms with Crippen molar-refractivity contribution >= 4 is 17.7 Å². The zero-order valence-corrected chi connectivity index (χ0v) is 11.3. The van der Waals surface area contributed by atoms with Gasteiger partial charge in [0.05, 0.1) is 0 Å². The lowest BCUT2D eigenvalue weighted by Crippen LogP contribution is -2.42. The van der Waals surface area contributed by atoms with Gasteiger partial charge in [0.1, 0.15) is 0 Å². The van der Waals surface area contributed by atoms with E-state index in [1.807, 2.05) is 11.8 Å². The predicted octanol–water partition coefficient (Wildman–Crippen LogP) is 1.76. The van der Waals surface area contributed by atoms with Gasteiger partial charge in [-0.3, -0.25) is 4.79 Å². The Kier molecular flexibility index (Phi) is 5.62. The fourth-order valence-corrected chi connectivity index (χ4v) is 3.02. The Labute approximate surface area is 103 Å². The predicted molar refractivity (Wildman–Crippen MR) is 70.5 cm³/mol. The smallest absolute Gasteiger partial charge is 0.221 e. The van der Waals surface area contributed by atoms with E-state index >= 15 is 0 Å². The highest BCUT2D eigenvalue weighted by molar-refractivity contribution is 7.99. The average molecular weight is 244 g/mol. The summed E-state index contributed by atoms with van der Waals surface area (Å²) in [5.74, 6) is 0.484. The summed E-state index contributed by atoms with van der Waals surface area (Å²) in [6.45, 7) is 4.11. The van der Waals surface area contributed by atoms with E-state index in [1.165, 1.54) is 12.8 Å². The zero-order valence-electron chi connectivity index (χ0n) is 10.5. The third kappa shape index (κ3) is 3.98. The van der Waals surface area contributed by atoms with Gasteiger partial charge in [-0.15, -0.1) is 0 Å². The fraction of sp³-hybridized carbons (Fsp3) is 0.917. The summed E-state index contributed by atoms with van der Waals surface area (Å²) in [5, 5.41) is 3.72. The Hall–Kier alpha value is -0.220. The molecule has 1 saturated carbocycles. The number of carbonyl (C=O) groups excluding carboxylic acids is 1. The van der Waals surface area contributed by atoms with Crippen LogP contribution < -0.4 is 11.1 Å². The number of nitrogens with one attached hydrogen (secondary N) is 1. The van der Waals surface area contributed by atoms with Crippen LogP contribution in [0.1, 0.15) is 39.5 Å². The van der Waals surface area contributed by atoms with Gasteiger partial charge in [-0.2, -0.15) is 11.8 Å². The van der Waals surface area contributed by atoms with Gasteiger partial charge < -0.3 is 11.1 Å². The molecule has 0 aromatic carbocycles. The number of thioether (sulfide) groups is 1. The van der Waals surface area contributed by atoms with Crippen LogP contribution in [0.5, 0.6) is 0 Å². The molecule has 0 aromatic heterocycles. The van der Waals surface area contributed by atoms with Gasteiger partial charge in [0, 0.05) is 23.8 Å². The minimum Gasteiger partial charge on any atom is -0.352 e. The van der Waals surface area contributed by atoms with E-state index < -0.39 is 0 Å². The van der Waals surface area contributed by atoms with Crippen molar-refractivity contribution in [2.24, 2.45) is 11.7 Å². The summed E-state index contributed by atoms with van der Waals surface area (Å²) in [6.07, 6.45) is 6.15. The molecular formula is C12H24N2OS. The highest BCUT2D eigenvalue weighted by Gasteiger charge is 2.28. The molecule has 0 aromatic rings. The standard InChI is InChI=1S/C12H24N2OS/c1-8(2)9(13)7-12(15)14-10-5-4-6-11(10)16-3/h8-11H,4-7,13H2,1-3H3,(H,14,15). The average Bonchev–Trinajstić information content (AvgIpc) is 2.64. The van der Waals surface area contributed by atoms with Crippen LogP contribution in [-0.4, -0.2) is 29.5 Å². The molecule has 1 fully saturated rings. The van der Waals surface area contributed by atoms with E-state index in [0.29, 0.717) is 23.6 Å². The van der Waals surface area contributed by atoms with Crippen LogP contribution >= 0.6 is 11.8 Å². The van der Waals surface area contributed by atoms with Crippen LogP contribution in [0.3, 0.4) is 0 Å². The van der Waals surface area contributed by atoms with Crippen molar-refractivity contribution in [3.63, 3.8) is 0 Å². The third-order valence-electron chi connectivity index (χ3n) is 3.38. The molecule has 0 bridgehead atoms. The van der Waals surface area contributed by atoms with Gasteiger partial charge in [-0.25, -0.2) is 0 Å². The molecule has 16 heavy (non-hydrogen) atoms. The summed E-state index contributed by atoms with van der Waals surface area (Å²) >= 11 is 1.86. The fourth-order valence-electron chi connectivity index (χ4n) is 2.09. The Bertz CT molecular complexity index is 233. The van der Waals surface area contributed by atoms with Gasteiger partial charge >= 0.3 is 0 Å². The molecule has 0 spiro atoms. The van der Waals surface area contributed by atoms with E-state index in [2.05, 4.69) is 25.4 Å². The number of rotatable bonds is 5. The van der Waals surface area contributed by atoms with E-state index in [0.717, 1.165) is 6.42 Å². The maximum atomic E-state index is 11.8. The Balaban J connectivity index is 2.33. The quantitative estimate of drug-likeness (QED) is 0.775. The van der Waals surface area contributed by atoms with Gasteiger partial charge in [0.15, 0.2) is 0 Å². The lowest BCUT2D eigenvalue weighted by Gasteiger charge is -2.21. The second-order valence-corrected chi connectivity index (χ2v) is 6.07. The molecular weight excluding hydrogens is 220 g/mol. The van der Waals surface area contributed by atoms with E-state index in [1.54, 1.807) is 0 Å². The number of amides is 1. The zero-order chi connectivity index (χ0) is 12.1. The molecule has 1 aliphatic rings. The lowest BCUT2D eigenvalue weighted by atomic mass is 10.0. The number of hydrogen-bond donors (Lipinski definition) is 2. The highest BCUT2D eigenvalue weighted by Crippen LogP contribution is 2.28. The molecule has 0 radical (unpaired) electrons. The van der Waals surface area contributed by atoms with Gasteiger partial charge in [-0.1, -0.05) is 20.3 Å². The van der Waals surface area contributed by atoms with Crippen molar-refractivity contribution in [2.75, 3.05) is 6.26 Å². The normalized spacial score (nSPS) is 27.1. The first-order chi connectivity index (χ1) is 7.54. The van der Waals surface area contributed by atoms with E-state index in [9.17, 15) is 4.79 Å². The maximum absolute atomic E-state index is 11.8. The highest BCUT2D eigenvalue weighted by atomic mass is 32.2. The minimum absolute atomic E-state index is 0.0193. The van der Waals surface area contributed by atoms with Crippen molar-refractivity contribution in [1.82, 2.24) is 5.32 Å². The van der Waals surface area contributed by atoms with E-state index in [4.69, 9.17) is 5.73 Å². The monoisotopic (exact) mass is 244 g/mol. The second-order valence-electron chi connectivity index (χ2n) is 4.99. The Morgan fingerprint density at radius 2 is 2.19 bits per heavy atom. The van der Waals surface area contributed by atoms with Crippen molar-refractivity contribution in [1.29, 1.82) is 0 Å². The lowest BCUT2D eigenvalue weighted by molar-refractivity contribution is -0.122. The Morgan fingerprint density at radius 1 is 1.50 bits per heavy atom. The molecule has 0 saturated heterocycles. The van der Waals surface area contributed by atoms with Crippen molar-refractivity contribution in [3.05, 3.63) is 0 Å². The maximum Gasteiger partial charge on any atom is 0.221 e. The van der Waals surface area contributed by atoms with E-state index in [-0.39, 0.29) is 11.9 Å². The van der Waals surface area contributed by atoms with Crippen molar-refractivity contribution in [3.8, 4) is 0 Å². The van der Waals surface area contributed by atoms with Gasteiger partial charge in [0.25, 0.3) is 0 Å². The van der Waals surface area contributed by atoms with Crippen LogP contribution in [0.4, 0.5) is 0 Å². The van der Waals surface area contributed by atoms with Gasteiger partial charge in [0.2, 0.25) is 5.91 Å². The molecule has 3 atom stereocenters. The molecule has 3 N–H and O–H groups in total. The van der Waals surface area contributed by atoms with Crippen LogP contribution in [0, 0.1) is 5.92 Å². The molecule has 0 aliphatic heterocycles. The topological polar surface area (TPSA) is 55.1 Å². The molecule has 1 amide bonds. The first kappa shape index (κ1) is 13.8. The number of carbonyl (C=O) groups is 1. The first-order valence-electron chi connectivity index (χ1n) is 6.12. The summed E-state index contributed by atoms with van der Waals surface area (Å²) in [5.41, 5.74) is 5.89. The largest absolute Gasteiger partial charge is 0.352 e. The van der Waals surface area contributed by atoms with Crippen LogP contribution in [0.25, 0.3) is 0 Å². The van der Waals surface area contributed by atoms with Crippen LogP contribution in [0.15, 0.2) is 0 Å². The van der Waals surface area contributed by atoms with Crippen molar-refractivity contribution < 1.29 is 4.79 Å². The second kappa shape index (κ2) is 6.50. The molecule has 3 unspecified atom stereocenters. The molecule has 0 heterocycles. The molecule has 1 aliphatic carbocycles. The molecule has 1 rings (SSSR count). The third-order valence-corrected chi connectivity index (χ3v) is 4.55. The summed E-state index contributed by atoms with van der Waals surface area (Å²) in [4.78, 5) is 11.8. The summed E-state index contributed by atoms with van der Waals surface area (Å²) < 4.78 is 0. The van der Waals surface area contributed by atoms with Crippen molar-refractivity contribution in [2.45, 2.75) is 56.9 Å². The number of hydrogen-bond acceptors (Lipinski definition) is 3. The summed E-state index contributed by atoms with van der Waals surface area (Å²) in [7, 11) is 0. The van der Waals surface area contributed by atoms with Gasteiger partial charge in [-0.05, 0) is 25.0 Å². The number of nitrogens with two attached hydrogens (primary N) is 1. The first-order valence-corrected chi connectivity index (χ1v) is 7.41. The van der Waals surface area contributed by atoms with Crippen LogP contribution in [0.2, 0.25) is 0 Å². The molecule has 4 heteroatoms. The minimum atomic E-state index is -0.0193. The SMILES string of the molecule is CSC1CCCC1NC(=O)CC(N)C(C)C. The molecule has 3 nitrogen and oxygen atoms in total. The van der Waals surface area contributed by atoms with Crippen LogP contribution in [-0.2, 0) is 4.79 Å². The molecule has 94 valence electrons.